The maximum Gasteiger partial charge on any atom is 0.310 e. The van der Waals surface area contributed by atoms with Gasteiger partial charge in [0.1, 0.15) is 17.7 Å². The van der Waals surface area contributed by atoms with Crippen LogP contribution in [0.4, 0.5) is 8.78 Å². The van der Waals surface area contributed by atoms with Gasteiger partial charge in [0.25, 0.3) is 0 Å². The number of nitrogens with one attached hydrogen (secondary N) is 1. The molecule has 1 fully saturated rings. The largest absolute Gasteiger partial charge is 0.459 e. The Morgan fingerprint density at radius 2 is 1.63 bits per heavy atom. The van der Waals surface area contributed by atoms with Crippen molar-refractivity contribution in [2.24, 2.45) is 11.7 Å². The Balaban J connectivity index is 1.83. The van der Waals surface area contributed by atoms with E-state index in [1.807, 2.05) is 13.8 Å². The Hall–Kier alpha value is -2.69. The third kappa shape index (κ3) is 10.6. The van der Waals surface area contributed by atoms with Crippen LogP contribution in [0.15, 0.2) is 48.5 Å². The minimum Gasteiger partial charge on any atom is -0.459 e. The normalized spacial score (nSPS) is 15.9. The number of hydrogen-bond acceptors (Lipinski definition) is 7. The maximum absolute atomic E-state index is 13.8. The molecule has 0 aromatic heterocycles. The Bertz CT molecular complexity index is 1230. The summed E-state index contributed by atoms with van der Waals surface area (Å²) in [6.07, 6.45) is 3.00. The molecule has 0 bridgehead atoms. The van der Waals surface area contributed by atoms with Crippen LogP contribution in [-0.4, -0.2) is 55.9 Å². The fraction of sp³-hybridized carbons (Fsp3) is 0.548. The number of rotatable bonds is 18. The van der Waals surface area contributed by atoms with Crippen molar-refractivity contribution in [2.75, 3.05) is 12.3 Å². The highest BCUT2D eigenvalue weighted by molar-refractivity contribution is 7.92. The van der Waals surface area contributed by atoms with E-state index in [4.69, 9.17) is 10.5 Å². The first kappa shape index (κ1) is 32.8. The molecule has 0 radical (unpaired) electrons. The summed E-state index contributed by atoms with van der Waals surface area (Å²) in [6.45, 7) is 4.01. The lowest BCUT2D eigenvalue weighted by atomic mass is 9.98. The molecule has 2 aromatic carbocycles. The summed E-state index contributed by atoms with van der Waals surface area (Å²) >= 11 is 0. The van der Waals surface area contributed by atoms with E-state index >= 15 is 0 Å². The minimum atomic E-state index is -3.73. The van der Waals surface area contributed by atoms with E-state index in [9.17, 15) is 26.8 Å². The lowest BCUT2D eigenvalue weighted by Gasteiger charge is -2.27. The summed E-state index contributed by atoms with van der Waals surface area (Å²) in [6, 6.07) is 10.9. The summed E-state index contributed by atoms with van der Waals surface area (Å²) in [4.78, 5) is 26.7. The minimum absolute atomic E-state index is 0.0277. The number of benzene rings is 2. The summed E-state index contributed by atoms with van der Waals surface area (Å²) in [5, 5.41) is 2.65. The van der Waals surface area contributed by atoms with Gasteiger partial charge in [-0.1, -0.05) is 57.0 Å². The summed E-state index contributed by atoms with van der Waals surface area (Å²) in [7, 11) is -3.73. The molecular formula is C31H42F2N2O5S. The van der Waals surface area contributed by atoms with E-state index in [0.29, 0.717) is 36.8 Å². The van der Waals surface area contributed by atoms with Gasteiger partial charge in [-0.25, -0.2) is 17.2 Å². The maximum atomic E-state index is 13.8. The van der Waals surface area contributed by atoms with Gasteiger partial charge in [0.05, 0.1) is 16.9 Å². The fourth-order valence-electron chi connectivity index (χ4n) is 4.97. The zero-order chi connectivity index (χ0) is 30.0. The Labute approximate surface area is 242 Å². The Morgan fingerprint density at radius 1 is 1.02 bits per heavy atom. The molecule has 10 heteroatoms. The molecule has 41 heavy (non-hydrogen) atoms. The van der Waals surface area contributed by atoms with Crippen LogP contribution >= 0.6 is 0 Å². The topological polar surface area (TPSA) is 116 Å². The lowest BCUT2D eigenvalue weighted by molar-refractivity contribution is -0.154. The molecule has 0 saturated heterocycles. The standard InChI is InChI=1S/C31H42F2N2O5S/c1-3-8-27(9-4-2)41(38,39)20-23(17-29(36)22-10-6-5-7-11-22)31(37)40-30(19-35-26-12-13-26)28(34)16-21-14-24(32)18-25(33)15-21/h5-7,10-11,14-15,18,23,26-28,30,35H,3-4,8-9,12-13,16-17,19-20,34H2,1-2H3/t23?,28-,30+/m0/s1. The average molecular weight is 593 g/mol. The molecule has 0 heterocycles. The molecule has 1 aliphatic rings. The van der Waals surface area contributed by atoms with Crippen LogP contribution in [0, 0.1) is 17.6 Å². The van der Waals surface area contributed by atoms with Crippen molar-refractivity contribution in [3.05, 3.63) is 71.3 Å². The van der Waals surface area contributed by atoms with E-state index in [0.717, 1.165) is 18.9 Å². The number of ether oxygens (including phenoxy) is 1. The molecule has 226 valence electrons. The highest BCUT2D eigenvalue weighted by Gasteiger charge is 2.36. The molecular weight excluding hydrogens is 550 g/mol. The molecule has 2 aromatic rings. The first-order valence-electron chi connectivity index (χ1n) is 14.5. The second-order valence-electron chi connectivity index (χ2n) is 11.0. The van der Waals surface area contributed by atoms with E-state index in [2.05, 4.69) is 5.32 Å². The van der Waals surface area contributed by atoms with Crippen molar-refractivity contribution in [2.45, 2.75) is 88.7 Å². The van der Waals surface area contributed by atoms with Crippen LogP contribution in [-0.2, 0) is 25.8 Å². The molecule has 3 rings (SSSR count). The van der Waals surface area contributed by atoms with Crippen molar-refractivity contribution in [1.82, 2.24) is 5.32 Å². The van der Waals surface area contributed by atoms with Crippen LogP contribution in [0.2, 0.25) is 0 Å². The predicted octanol–water partition coefficient (Wildman–Crippen LogP) is 4.77. The SMILES string of the molecule is CCCC(CCC)S(=O)(=O)CC(CC(=O)c1ccccc1)C(=O)O[C@H](CNC1CC1)[C@@H](N)Cc1cc(F)cc(F)c1. The molecule has 1 aliphatic carbocycles. The Kier molecular flexibility index (Phi) is 12.4. The van der Waals surface area contributed by atoms with E-state index in [-0.39, 0.29) is 31.2 Å². The number of carbonyl (C=O) groups excluding carboxylic acids is 2. The van der Waals surface area contributed by atoms with Crippen LogP contribution in [0.1, 0.15) is 74.7 Å². The third-order valence-electron chi connectivity index (χ3n) is 7.35. The molecule has 3 N–H and O–H groups in total. The molecule has 0 aliphatic heterocycles. The van der Waals surface area contributed by atoms with Crippen LogP contribution in [0.25, 0.3) is 0 Å². The van der Waals surface area contributed by atoms with E-state index < -0.39 is 56.5 Å². The summed E-state index contributed by atoms with van der Waals surface area (Å²) in [5.41, 5.74) is 7.09. The second kappa shape index (κ2) is 15.5. The Morgan fingerprint density at radius 3 is 2.20 bits per heavy atom. The first-order valence-corrected chi connectivity index (χ1v) is 16.2. The third-order valence-corrected chi connectivity index (χ3v) is 9.70. The van der Waals surface area contributed by atoms with Crippen molar-refractivity contribution < 1.29 is 31.5 Å². The highest BCUT2D eigenvalue weighted by atomic mass is 32.2. The quantitative estimate of drug-likeness (QED) is 0.189. The number of sulfone groups is 1. The zero-order valence-corrected chi connectivity index (χ0v) is 24.7. The summed E-state index contributed by atoms with van der Waals surface area (Å²) < 4.78 is 60.3. The number of carbonyl (C=O) groups is 2. The van der Waals surface area contributed by atoms with Crippen LogP contribution < -0.4 is 11.1 Å². The smallest absolute Gasteiger partial charge is 0.310 e. The fourth-order valence-corrected chi connectivity index (χ4v) is 7.25. The highest BCUT2D eigenvalue weighted by Crippen LogP contribution is 2.24. The van der Waals surface area contributed by atoms with Crippen LogP contribution in [0.3, 0.4) is 0 Å². The van der Waals surface area contributed by atoms with E-state index in [1.165, 1.54) is 12.1 Å². The number of Topliss-reactive ketones (excluding diaryl/α,β-unsaturated/α-hetero) is 1. The first-order chi connectivity index (χ1) is 19.5. The van der Waals surface area contributed by atoms with Crippen molar-refractivity contribution >= 4 is 21.6 Å². The van der Waals surface area contributed by atoms with Gasteiger partial charge in [-0.15, -0.1) is 0 Å². The average Bonchev–Trinajstić information content (AvgIpc) is 3.74. The summed E-state index contributed by atoms with van der Waals surface area (Å²) in [5.74, 6) is -4.41. The number of ketones is 1. The van der Waals surface area contributed by atoms with Gasteiger partial charge in [0, 0.05) is 36.7 Å². The number of esters is 1. The lowest BCUT2D eigenvalue weighted by Crippen LogP contribution is -2.47. The molecule has 0 spiro atoms. The van der Waals surface area contributed by atoms with Gasteiger partial charge in [0.2, 0.25) is 0 Å². The second-order valence-corrected chi connectivity index (χ2v) is 13.3. The van der Waals surface area contributed by atoms with Gasteiger partial charge in [-0.05, 0) is 49.8 Å². The van der Waals surface area contributed by atoms with Crippen molar-refractivity contribution in [1.29, 1.82) is 0 Å². The molecule has 0 amide bonds. The van der Waals surface area contributed by atoms with E-state index in [1.54, 1.807) is 30.3 Å². The van der Waals surface area contributed by atoms with Gasteiger partial charge in [-0.2, -0.15) is 0 Å². The number of halogens is 2. The monoisotopic (exact) mass is 592 g/mol. The van der Waals surface area contributed by atoms with Gasteiger partial charge < -0.3 is 15.8 Å². The number of hydrogen-bond donors (Lipinski definition) is 2. The van der Waals surface area contributed by atoms with Crippen molar-refractivity contribution in [3.8, 4) is 0 Å². The number of nitrogens with two attached hydrogens (primary N) is 1. The molecule has 3 atom stereocenters. The van der Waals surface area contributed by atoms with Gasteiger partial charge in [-0.3, -0.25) is 9.59 Å². The van der Waals surface area contributed by atoms with Gasteiger partial charge >= 0.3 is 5.97 Å². The molecule has 7 nitrogen and oxygen atoms in total. The predicted molar refractivity (Wildman–Crippen MR) is 155 cm³/mol. The van der Waals surface area contributed by atoms with Crippen LogP contribution in [0.5, 0.6) is 0 Å². The molecule has 1 unspecified atom stereocenters. The van der Waals surface area contributed by atoms with Crippen molar-refractivity contribution in [3.63, 3.8) is 0 Å². The molecule has 1 saturated carbocycles. The zero-order valence-electron chi connectivity index (χ0n) is 23.9. The van der Waals surface area contributed by atoms with Gasteiger partial charge in [0.15, 0.2) is 15.6 Å².